The molecule has 3 rings (SSSR count). The molecule has 2 heterocycles. The van der Waals surface area contributed by atoms with Crippen LogP contribution in [0.3, 0.4) is 0 Å². The molecule has 0 aromatic heterocycles. The van der Waals surface area contributed by atoms with E-state index in [-0.39, 0.29) is 30.7 Å². The van der Waals surface area contributed by atoms with E-state index in [9.17, 15) is 9.90 Å². The third kappa shape index (κ3) is 2.91. The van der Waals surface area contributed by atoms with Crippen molar-refractivity contribution in [1.29, 1.82) is 0 Å². The molecule has 2 aliphatic heterocycles. The lowest BCUT2D eigenvalue weighted by molar-refractivity contribution is -0.139. The van der Waals surface area contributed by atoms with Gasteiger partial charge in [-0.2, -0.15) is 0 Å². The van der Waals surface area contributed by atoms with Gasteiger partial charge >= 0.3 is 0 Å². The van der Waals surface area contributed by atoms with Crippen molar-refractivity contribution in [2.24, 2.45) is 0 Å². The van der Waals surface area contributed by atoms with Crippen LogP contribution in [0.5, 0.6) is 5.75 Å². The van der Waals surface area contributed by atoms with Crippen LogP contribution in [0, 0.1) is 13.8 Å². The summed E-state index contributed by atoms with van der Waals surface area (Å²) in [6.07, 6.45) is 3.21. The molecule has 2 fully saturated rings. The largest absolute Gasteiger partial charge is 0.483 e. The monoisotopic (exact) mass is 289 g/mol. The summed E-state index contributed by atoms with van der Waals surface area (Å²) in [6.45, 7) is 4.12. The third-order valence-corrected chi connectivity index (χ3v) is 4.68. The minimum absolute atomic E-state index is 0.0503. The predicted molar refractivity (Wildman–Crippen MR) is 80.3 cm³/mol. The van der Waals surface area contributed by atoms with Crippen LogP contribution in [0.15, 0.2) is 18.2 Å². The first kappa shape index (κ1) is 14.4. The van der Waals surface area contributed by atoms with E-state index in [4.69, 9.17) is 4.74 Å². The average molecular weight is 289 g/mol. The van der Waals surface area contributed by atoms with E-state index in [1.807, 2.05) is 30.9 Å². The zero-order valence-electron chi connectivity index (χ0n) is 12.7. The fourth-order valence-electron chi connectivity index (χ4n) is 3.73. The van der Waals surface area contributed by atoms with E-state index in [1.165, 1.54) is 5.56 Å². The number of benzene rings is 1. The molecule has 1 N–H and O–H groups in total. The van der Waals surface area contributed by atoms with Crippen LogP contribution in [0.1, 0.15) is 36.8 Å². The van der Waals surface area contributed by atoms with Gasteiger partial charge in [0.05, 0.1) is 6.10 Å². The summed E-state index contributed by atoms with van der Waals surface area (Å²) in [5.74, 6) is 0.827. The molecule has 4 heteroatoms. The lowest BCUT2D eigenvalue weighted by Gasteiger charge is -2.37. The molecule has 2 unspecified atom stereocenters. The highest BCUT2D eigenvalue weighted by Crippen LogP contribution is 2.35. The lowest BCUT2D eigenvalue weighted by Crippen LogP contribution is -2.49. The average Bonchev–Trinajstić information content (AvgIpc) is 2.70. The summed E-state index contributed by atoms with van der Waals surface area (Å²) < 4.78 is 5.70. The van der Waals surface area contributed by atoms with Gasteiger partial charge in [-0.25, -0.2) is 0 Å². The minimum Gasteiger partial charge on any atom is -0.483 e. The van der Waals surface area contributed by atoms with Gasteiger partial charge in [0.2, 0.25) is 0 Å². The molecule has 4 nitrogen and oxygen atoms in total. The Labute approximate surface area is 125 Å². The van der Waals surface area contributed by atoms with Crippen LogP contribution in [-0.4, -0.2) is 40.7 Å². The zero-order valence-corrected chi connectivity index (χ0v) is 12.7. The first-order valence-corrected chi connectivity index (χ1v) is 7.74. The molecule has 2 atom stereocenters. The number of carbonyl (C=O) groups excluding carboxylic acids is 1. The highest BCUT2D eigenvalue weighted by Gasteiger charge is 2.42. The van der Waals surface area contributed by atoms with Gasteiger partial charge in [-0.15, -0.1) is 0 Å². The van der Waals surface area contributed by atoms with E-state index < -0.39 is 0 Å². The third-order valence-electron chi connectivity index (χ3n) is 4.68. The van der Waals surface area contributed by atoms with Crippen molar-refractivity contribution in [2.75, 3.05) is 6.61 Å². The van der Waals surface area contributed by atoms with Crippen molar-refractivity contribution in [3.8, 4) is 5.75 Å². The van der Waals surface area contributed by atoms with Crippen molar-refractivity contribution in [1.82, 2.24) is 4.90 Å². The van der Waals surface area contributed by atoms with E-state index >= 15 is 0 Å². The summed E-state index contributed by atoms with van der Waals surface area (Å²) in [6, 6.07) is 6.38. The van der Waals surface area contributed by atoms with Crippen molar-refractivity contribution in [3.63, 3.8) is 0 Å². The Morgan fingerprint density at radius 2 is 1.95 bits per heavy atom. The molecule has 2 aliphatic rings. The summed E-state index contributed by atoms with van der Waals surface area (Å²) in [4.78, 5) is 14.4. The fourth-order valence-corrected chi connectivity index (χ4v) is 3.73. The molecule has 1 amide bonds. The van der Waals surface area contributed by atoms with E-state index in [0.29, 0.717) is 12.8 Å². The molecule has 1 aromatic carbocycles. The number of ether oxygens (including phenoxy) is 1. The molecule has 0 saturated carbocycles. The Kier molecular flexibility index (Phi) is 3.89. The molecular formula is C17H23NO3. The van der Waals surface area contributed by atoms with Crippen LogP contribution >= 0.6 is 0 Å². The fraction of sp³-hybridized carbons (Fsp3) is 0.588. The Balaban J connectivity index is 1.62. The first-order valence-electron chi connectivity index (χ1n) is 7.74. The number of nitrogens with zero attached hydrogens (tertiary/aromatic N) is 1. The van der Waals surface area contributed by atoms with Crippen molar-refractivity contribution < 1.29 is 14.6 Å². The van der Waals surface area contributed by atoms with Gasteiger partial charge in [0.25, 0.3) is 5.91 Å². The van der Waals surface area contributed by atoms with Crippen molar-refractivity contribution in [3.05, 3.63) is 29.3 Å². The van der Waals surface area contributed by atoms with Crippen molar-refractivity contribution in [2.45, 2.75) is 57.7 Å². The van der Waals surface area contributed by atoms with Crippen LogP contribution in [0.25, 0.3) is 0 Å². The zero-order chi connectivity index (χ0) is 15.0. The van der Waals surface area contributed by atoms with Gasteiger partial charge in [-0.3, -0.25) is 4.79 Å². The number of hydrogen-bond donors (Lipinski definition) is 1. The predicted octanol–water partition coefficient (Wildman–Crippen LogP) is 2.20. The number of fused-ring (bicyclic) bond motifs is 2. The van der Waals surface area contributed by atoms with E-state index in [0.717, 1.165) is 24.2 Å². The van der Waals surface area contributed by atoms with Crippen LogP contribution in [0.4, 0.5) is 0 Å². The molecule has 2 bridgehead atoms. The Bertz CT molecular complexity index is 529. The SMILES string of the molecule is Cc1ccc(OCC(=O)N2C3CCC2CC(O)C3)c(C)c1. The Morgan fingerprint density at radius 3 is 2.57 bits per heavy atom. The van der Waals surface area contributed by atoms with Crippen LogP contribution in [0.2, 0.25) is 0 Å². The maximum atomic E-state index is 12.4. The first-order chi connectivity index (χ1) is 10.0. The number of rotatable bonds is 3. The number of piperidine rings is 1. The summed E-state index contributed by atoms with van der Waals surface area (Å²) in [5, 5.41) is 9.79. The molecule has 2 saturated heterocycles. The molecule has 1 aromatic rings. The number of aliphatic hydroxyl groups is 1. The number of amides is 1. The molecule has 0 aliphatic carbocycles. The number of carbonyl (C=O) groups is 1. The summed E-state index contributed by atoms with van der Waals surface area (Å²) >= 11 is 0. The van der Waals surface area contributed by atoms with E-state index in [2.05, 4.69) is 6.07 Å². The van der Waals surface area contributed by atoms with E-state index in [1.54, 1.807) is 0 Å². The van der Waals surface area contributed by atoms with Gasteiger partial charge < -0.3 is 14.7 Å². The Morgan fingerprint density at radius 1 is 1.29 bits per heavy atom. The minimum atomic E-state index is -0.244. The molecular weight excluding hydrogens is 266 g/mol. The van der Waals surface area contributed by atoms with Gasteiger partial charge in [0, 0.05) is 12.1 Å². The summed E-state index contributed by atoms with van der Waals surface area (Å²) in [5.41, 5.74) is 2.24. The second kappa shape index (κ2) is 5.68. The van der Waals surface area contributed by atoms with Crippen LogP contribution in [-0.2, 0) is 4.79 Å². The lowest BCUT2D eigenvalue weighted by atomic mass is 10.00. The normalized spacial score (nSPS) is 27.8. The molecule has 114 valence electrons. The number of hydrogen-bond acceptors (Lipinski definition) is 3. The second-order valence-corrected chi connectivity index (χ2v) is 6.37. The second-order valence-electron chi connectivity index (χ2n) is 6.37. The molecule has 21 heavy (non-hydrogen) atoms. The summed E-state index contributed by atoms with van der Waals surface area (Å²) in [7, 11) is 0. The molecule has 0 radical (unpaired) electrons. The quantitative estimate of drug-likeness (QED) is 0.928. The number of aryl methyl sites for hydroxylation is 2. The van der Waals surface area contributed by atoms with Gasteiger partial charge in [0.1, 0.15) is 5.75 Å². The van der Waals surface area contributed by atoms with Gasteiger partial charge in [-0.1, -0.05) is 17.7 Å². The number of aliphatic hydroxyl groups excluding tert-OH is 1. The highest BCUT2D eigenvalue weighted by atomic mass is 16.5. The maximum absolute atomic E-state index is 12.4. The van der Waals surface area contributed by atoms with Crippen LogP contribution < -0.4 is 4.74 Å². The smallest absolute Gasteiger partial charge is 0.261 e. The maximum Gasteiger partial charge on any atom is 0.261 e. The topological polar surface area (TPSA) is 49.8 Å². The molecule has 0 spiro atoms. The van der Waals surface area contributed by atoms with Gasteiger partial charge in [-0.05, 0) is 51.2 Å². The highest BCUT2D eigenvalue weighted by molar-refractivity contribution is 5.79. The standard InChI is InChI=1S/C17H23NO3/c1-11-3-6-16(12(2)7-11)21-10-17(20)18-13-4-5-14(18)9-15(19)8-13/h3,6-7,13-15,19H,4-5,8-10H2,1-2H3. The Hall–Kier alpha value is -1.55. The van der Waals surface area contributed by atoms with Gasteiger partial charge in [0.15, 0.2) is 6.61 Å². The van der Waals surface area contributed by atoms with Crippen molar-refractivity contribution >= 4 is 5.91 Å².